The maximum Gasteiger partial charge on any atom is 0.00124 e. The van der Waals surface area contributed by atoms with Crippen LogP contribution in [0.2, 0.25) is 0 Å². The van der Waals surface area contributed by atoms with Crippen LogP contribution in [0, 0.1) is 0 Å². The van der Waals surface area contributed by atoms with Crippen LogP contribution >= 0.6 is 0 Å². The van der Waals surface area contributed by atoms with E-state index in [1.54, 1.807) is 0 Å². The van der Waals surface area contributed by atoms with Crippen LogP contribution in [0.15, 0.2) is 11.6 Å². The van der Waals surface area contributed by atoms with Gasteiger partial charge in [-0.1, -0.05) is 31.4 Å². The number of hydrogen-bond acceptors (Lipinski definition) is 1. The molecule has 1 nitrogen and oxygen atoms in total. The molecule has 0 aromatic heterocycles. The Labute approximate surface area is 77.5 Å². The van der Waals surface area contributed by atoms with E-state index < -0.39 is 0 Å². The molecule has 0 aromatic rings. The summed E-state index contributed by atoms with van der Waals surface area (Å²) in [5.41, 5.74) is 1.54. The van der Waals surface area contributed by atoms with Crippen LogP contribution in [-0.4, -0.2) is 25.5 Å². The van der Waals surface area contributed by atoms with Crippen molar-refractivity contribution in [3.63, 3.8) is 0 Å². The summed E-state index contributed by atoms with van der Waals surface area (Å²) in [7, 11) is 4.25. The zero-order valence-electron chi connectivity index (χ0n) is 9.06. The number of rotatable bonds is 6. The average Bonchev–Trinajstić information content (AvgIpc) is 2.01. The molecule has 0 aliphatic rings. The van der Waals surface area contributed by atoms with E-state index in [4.69, 9.17) is 0 Å². The highest BCUT2D eigenvalue weighted by molar-refractivity contribution is 4.97. The Hall–Kier alpha value is -0.300. The summed E-state index contributed by atoms with van der Waals surface area (Å²) in [5, 5.41) is 0. The molecule has 0 aliphatic heterocycles. The predicted molar refractivity (Wildman–Crippen MR) is 56.5 cm³/mol. The van der Waals surface area contributed by atoms with Gasteiger partial charge >= 0.3 is 0 Å². The largest absolute Gasteiger partial charge is 0.309 e. The summed E-state index contributed by atoms with van der Waals surface area (Å²) in [4.78, 5) is 2.23. The Morgan fingerprint density at radius 1 is 1.33 bits per heavy atom. The lowest BCUT2D eigenvalue weighted by Crippen LogP contribution is -2.12. The normalized spacial score (nSPS) is 12.6. The summed E-state index contributed by atoms with van der Waals surface area (Å²) in [5.74, 6) is 0. The van der Waals surface area contributed by atoms with E-state index in [-0.39, 0.29) is 0 Å². The third-order valence-electron chi connectivity index (χ3n) is 2.00. The summed E-state index contributed by atoms with van der Waals surface area (Å²) in [6.45, 7) is 5.65. The van der Waals surface area contributed by atoms with Crippen molar-refractivity contribution >= 4 is 0 Å². The van der Waals surface area contributed by atoms with Gasteiger partial charge in [-0.15, -0.1) is 0 Å². The van der Waals surface area contributed by atoms with Crippen LogP contribution in [0.25, 0.3) is 0 Å². The SMILES string of the molecule is CCCCC=C(C)CCN(C)C. The Balaban J connectivity index is 3.42. The third-order valence-corrected chi connectivity index (χ3v) is 2.00. The third kappa shape index (κ3) is 7.80. The Morgan fingerprint density at radius 2 is 2.00 bits per heavy atom. The first kappa shape index (κ1) is 11.7. The zero-order valence-corrected chi connectivity index (χ0v) is 9.06. The second-order valence-corrected chi connectivity index (χ2v) is 3.75. The predicted octanol–water partition coefficient (Wildman–Crippen LogP) is 3.07. The van der Waals surface area contributed by atoms with Crippen molar-refractivity contribution in [3.05, 3.63) is 11.6 Å². The number of allylic oxidation sites excluding steroid dienone is 1. The van der Waals surface area contributed by atoms with Crippen molar-refractivity contribution in [2.24, 2.45) is 0 Å². The van der Waals surface area contributed by atoms with Crippen LogP contribution in [0.1, 0.15) is 39.5 Å². The summed E-state index contributed by atoms with van der Waals surface area (Å²) in [6.07, 6.45) is 7.50. The van der Waals surface area contributed by atoms with Crippen LogP contribution in [-0.2, 0) is 0 Å². The van der Waals surface area contributed by atoms with E-state index >= 15 is 0 Å². The second-order valence-electron chi connectivity index (χ2n) is 3.75. The van der Waals surface area contributed by atoms with Crippen LogP contribution < -0.4 is 0 Å². The average molecular weight is 169 g/mol. The molecule has 1 heteroatoms. The molecule has 0 N–H and O–H groups in total. The van der Waals surface area contributed by atoms with E-state index in [1.165, 1.54) is 37.8 Å². The van der Waals surface area contributed by atoms with Gasteiger partial charge < -0.3 is 4.90 Å². The lowest BCUT2D eigenvalue weighted by atomic mass is 10.1. The molecule has 0 saturated carbocycles. The molecule has 0 fully saturated rings. The van der Waals surface area contributed by atoms with E-state index in [9.17, 15) is 0 Å². The van der Waals surface area contributed by atoms with Gasteiger partial charge in [-0.25, -0.2) is 0 Å². The topological polar surface area (TPSA) is 3.24 Å². The first-order valence-corrected chi connectivity index (χ1v) is 4.97. The maximum absolute atomic E-state index is 2.38. The maximum atomic E-state index is 2.38. The van der Waals surface area contributed by atoms with E-state index in [1.807, 2.05) is 0 Å². The highest BCUT2D eigenvalue weighted by atomic mass is 15.0. The van der Waals surface area contributed by atoms with Crippen LogP contribution in [0.3, 0.4) is 0 Å². The van der Waals surface area contributed by atoms with Gasteiger partial charge in [0.2, 0.25) is 0 Å². The standard InChI is InChI=1S/C11H23N/c1-5-6-7-8-11(2)9-10-12(3)4/h8H,5-7,9-10H2,1-4H3. The van der Waals surface area contributed by atoms with Gasteiger partial charge in [0.05, 0.1) is 0 Å². The highest BCUT2D eigenvalue weighted by Gasteiger charge is 1.91. The van der Waals surface area contributed by atoms with Crippen LogP contribution in [0.5, 0.6) is 0 Å². The lowest BCUT2D eigenvalue weighted by molar-refractivity contribution is 0.413. The first-order valence-electron chi connectivity index (χ1n) is 4.97. The van der Waals surface area contributed by atoms with Crippen molar-refractivity contribution in [1.29, 1.82) is 0 Å². The molecule has 0 amide bonds. The Kier molecular flexibility index (Phi) is 7.17. The fraction of sp³-hybridized carbons (Fsp3) is 0.818. The van der Waals surface area contributed by atoms with E-state index in [0.717, 1.165) is 0 Å². The molecule has 0 unspecified atom stereocenters. The van der Waals surface area contributed by atoms with Gasteiger partial charge in [0.15, 0.2) is 0 Å². The number of nitrogens with zero attached hydrogens (tertiary/aromatic N) is 1. The summed E-state index contributed by atoms with van der Waals surface area (Å²) in [6, 6.07) is 0. The minimum Gasteiger partial charge on any atom is -0.309 e. The fourth-order valence-electron chi connectivity index (χ4n) is 1.05. The van der Waals surface area contributed by atoms with Gasteiger partial charge in [0, 0.05) is 6.54 Å². The lowest BCUT2D eigenvalue weighted by Gasteiger charge is -2.08. The van der Waals surface area contributed by atoms with Crippen molar-refractivity contribution < 1.29 is 0 Å². The highest BCUT2D eigenvalue weighted by Crippen LogP contribution is 2.04. The molecule has 0 aromatic carbocycles. The quantitative estimate of drug-likeness (QED) is 0.436. The van der Waals surface area contributed by atoms with Crippen LogP contribution in [0.4, 0.5) is 0 Å². The molecule has 0 spiro atoms. The molecule has 12 heavy (non-hydrogen) atoms. The van der Waals surface area contributed by atoms with Crippen molar-refractivity contribution in [3.8, 4) is 0 Å². The monoisotopic (exact) mass is 169 g/mol. The number of unbranched alkanes of at least 4 members (excludes halogenated alkanes) is 2. The minimum atomic E-state index is 1.18. The molecule has 0 aliphatic carbocycles. The van der Waals surface area contributed by atoms with Gasteiger partial charge in [-0.3, -0.25) is 0 Å². The van der Waals surface area contributed by atoms with Gasteiger partial charge in [-0.05, 0) is 33.9 Å². The minimum absolute atomic E-state index is 1.18. The molecule has 0 saturated heterocycles. The van der Waals surface area contributed by atoms with E-state index in [0.29, 0.717) is 0 Å². The first-order chi connectivity index (χ1) is 5.66. The fourth-order valence-corrected chi connectivity index (χ4v) is 1.05. The molecule has 72 valence electrons. The summed E-state index contributed by atoms with van der Waals surface area (Å²) >= 11 is 0. The molecule has 0 radical (unpaired) electrons. The Bertz CT molecular complexity index is 125. The molecular weight excluding hydrogens is 146 g/mol. The van der Waals surface area contributed by atoms with Gasteiger partial charge in [0.25, 0.3) is 0 Å². The number of hydrogen-bond donors (Lipinski definition) is 0. The van der Waals surface area contributed by atoms with Crippen molar-refractivity contribution in [1.82, 2.24) is 4.90 Å². The van der Waals surface area contributed by atoms with Gasteiger partial charge in [-0.2, -0.15) is 0 Å². The second kappa shape index (κ2) is 7.35. The Morgan fingerprint density at radius 3 is 2.50 bits per heavy atom. The smallest absolute Gasteiger partial charge is 0.00124 e. The molecule has 0 bridgehead atoms. The molecule has 0 rings (SSSR count). The molecule has 0 heterocycles. The zero-order chi connectivity index (χ0) is 9.40. The summed E-state index contributed by atoms with van der Waals surface area (Å²) < 4.78 is 0. The molecular formula is C11H23N. The van der Waals surface area contributed by atoms with Gasteiger partial charge in [0.1, 0.15) is 0 Å². The van der Waals surface area contributed by atoms with Crippen molar-refractivity contribution in [2.75, 3.05) is 20.6 Å². The van der Waals surface area contributed by atoms with Crippen molar-refractivity contribution in [2.45, 2.75) is 39.5 Å². The van der Waals surface area contributed by atoms with E-state index in [2.05, 4.69) is 38.9 Å². The molecule has 0 atom stereocenters.